The molecule has 0 atom stereocenters. The van der Waals surface area contributed by atoms with Crippen LogP contribution in [0.2, 0.25) is 0 Å². The largest absolute Gasteiger partial charge is 0.469 e. The minimum atomic E-state index is 0. The lowest BCUT2D eigenvalue weighted by atomic mass is 10.2. The fourth-order valence-corrected chi connectivity index (χ4v) is 1.87. The van der Waals surface area contributed by atoms with Gasteiger partial charge in [0.2, 0.25) is 0 Å². The van der Waals surface area contributed by atoms with Crippen molar-refractivity contribution in [3.63, 3.8) is 0 Å². The zero-order valence-electron chi connectivity index (χ0n) is 12.8. The predicted octanol–water partition coefficient (Wildman–Crippen LogP) is 2.55. The van der Waals surface area contributed by atoms with E-state index in [1.165, 1.54) is 0 Å². The molecule has 0 aliphatic rings. The zero-order valence-corrected chi connectivity index (χ0v) is 15.1. The third-order valence-corrected chi connectivity index (χ3v) is 2.92. The van der Waals surface area contributed by atoms with E-state index in [0.717, 1.165) is 63.5 Å². The van der Waals surface area contributed by atoms with E-state index in [1.54, 1.807) is 6.26 Å². The fraction of sp³-hybridized carbons (Fsp3) is 0.667. The second kappa shape index (κ2) is 14.2. The summed E-state index contributed by atoms with van der Waals surface area (Å²) >= 11 is 0. The summed E-state index contributed by atoms with van der Waals surface area (Å²) in [5.74, 6) is 1.85. The molecule has 1 aromatic rings. The summed E-state index contributed by atoms with van der Waals surface area (Å²) in [5.41, 5.74) is 0. The molecule has 0 aromatic carbocycles. The Bertz CT molecular complexity index is 356. The van der Waals surface area contributed by atoms with E-state index in [-0.39, 0.29) is 24.0 Å². The number of aliphatic hydroxyl groups excluding tert-OH is 1. The number of aliphatic hydroxyl groups is 1. The molecule has 0 amide bonds. The van der Waals surface area contributed by atoms with E-state index < -0.39 is 0 Å². The van der Waals surface area contributed by atoms with E-state index in [1.807, 2.05) is 12.1 Å². The quantitative estimate of drug-likeness (QED) is 0.241. The van der Waals surface area contributed by atoms with Crippen molar-refractivity contribution < 1.29 is 9.52 Å². The first-order valence-corrected chi connectivity index (χ1v) is 7.52. The SMILES string of the molecule is CCNC(=NCCCCCCO)NCCc1ccco1.I. The topological polar surface area (TPSA) is 69.8 Å². The molecule has 0 aliphatic carbocycles. The Morgan fingerprint density at radius 1 is 1.24 bits per heavy atom. The maximum Gasteiger partial charge on any atom is 0.191 e. The lowest BCUT2D eigenvalue weighted by molar-refractivity contribution is 0.282. The Morgan fingerprint density at radius 3 is 2.71 bits per heavy atom. The average molecular weight is 409 g/mol. The van der Waals surface area contributed by atoms with Gasteiger partial charge in [-0.15, -0.1) is 24.0 Å². The highest BCUT2D eigenvalue weighted by Gasteiger charge is 1.99. The first kappa shape index (κ1) is 20.2. The summed E-state index contributed by atoms with van der Waals surface area (Å²) in [6.07, 6.45) is 6.71. The third-order valence-electron chi connectivity index (χ3n) is 2.92. The smallest absolute Gasteiger partial charge is 0.191 e. The first-order chi connectivity index (χ1) is 9.86. The number of aliphatic imine (C=N–C) groups is 1. The van der Waals surface area contributed by atoms with Crippen LogP contribution in [0.1, 0.15) is 38.4 Å². The number of guanidine groups is 1. The Hall–Kier alpha value is -0.760. The Morgan fingerprint density at radius 2 is 2.05 bits per heavy atom. The standard InChI is InChI=1S/C15H27N3O2.HI/c1-2-16-15(17-10-5-3-4-6-12-19)18-11-9-14-8-7-13-20-14;/h7-8,13,19H,2-6,9-12H2,1H3,(H2,16,17,18);1H. The first-order valence-electron chi connectivity index (χ1n) is 7.52. The molecule has 0 radical (unpaired) electrons. The molecule has 1 heterocycles. The summed E-state index contributed by atoms with van der Waals surface area (Å²) in [7, 11) is 0. The Balaban J connectivity index is 0.00000400. The maximum absolute atomic E-state index is 8.70. The van der Waals surface area contributed by atoms with Crippen molar-refractivity contribution >= 4 is 29.9 Å². The summed E-state index contributed by atoms with van der Waals surface area (Å²) in [6, 6.07) is 3.88. The summed E-state index contributed by atoms with van der Waals surface area (Å²) < 4.78 is 5.29. The summed E-state index contributed by atoms with van der Waals surface area (Å²) in [5, 5.41) is 15.2. The van der Waals surface area contributed by atoms with Gasteiger partial charge in [-0.05, 0) is 31.9 Å². The molecule has 3 N–H and O–H groups in total. The monoisotopic (exact) mass is 409 g/mol. The number of hydrogen-bond acceptors (Lipinski definition) is 3. The number of hydrogen-bond donors (Lipinski definition) is 3. The fourth-order valence-electron chi connectivity index (χ4n) is 1.87. The van der Waals surface area contributed by atoms with Gasteiger partial charge in [-0.1, -0.05) is 12.8 Å². The van der Waals surface area contributed by atoms with Gasteiger partial charge in [-0.2, -0.15) is 0 Å². The van der Waals surface area contributed by atoms with Crippen molar-refractivity contribution in [2.45, 2.75) is 39.0 Å². The van der Waals surface area contributed by atoms with Gasteiger partial charge in [-0.3, -0.25) is 4.99 Å². The molecular formula is C15H28IN3O2. The zero-order chi connectivity index (χ0) is 14.5. The second-order valence-electron chi connectivity index (χ2n) is 4.65. The minimum Gasteiger partial charge on any atom is -0.469 e. The molecule has 0 saturated carbocycles. The molecule has 122 valence electrons. The average Bonchev–Trinajstić information content (AvgIpc) is 2.96. The highest BCUT2D eigenvalue weighted by Crippen LogP contribution is 2.00. The van der Waals surface area contributed by atoms with Gasteiger partial charge in [0.15, 0.2) is 5.96 Å². The number of rotatable bonds is 10. The Labute approximate surface area is 144 Å². The lowest BCUT2D eigenvalue weighted by Crippen LogP contribution is -2.38. The molecule has 21 heavy (non-hydrogen) atoms. The van der Waals surface area contributed by atoms with Crippen LogP contribution in [0.15, 0.2) is 27.8 Å². The van der Waals surface area contributed by atoms with Crippen LogP contribution in [0.5, 0.6) is 0 Å². The second-order valence-corrected chi connectivity index (χ2v) is 4.65. The predicted molar refractivity (Wildman–Crippen MR) is 97.4 cm³/mol. The van der Waals surface area contributed by atoms with Gasteiger partial charge in [0.05, 0.1) is 6.26 Å². The highest BCUT2D eigenvalue weighted by molar-refractivity contribution is 14.0. The summed E-state index contributed by atoms with van der Waals surface area (Å²) in [4.78, 5) is 4.53. The van der Waals surface area contributed by atoms with Crippen LogP contribution < -0.4 is 10.6 Å². The number of furan rings is 1. The van der Waals surface area contributed by atoms with Crippen LogP contribution in [-0.4, -0.2) is 37.3 Å². The van der Waals surface area contributed by atoms with Crippen molar-refractivity contribution in [2.24, 2.45) is 4.99 Å². The van der Waals surface area contributed by atoms with Crippen molar-refractivity contribution in [1.29, 1.82) is 0 Å². The van der Waals surface area contributed by atoms with Crippen LogP contribution >= 0.6 is 24.0 Å². The number of halogens is 1. The maximum atomic E-state index is 8.70. The minimum absolute atomic E-state index is 0. The van der Waals surface area contributed by atoms with Gasteiger partial charge >= 0.3 is 0 Å². The van der Waals surface area contributed by atoms with E-state index in [2.05, 4.69) is 22.5 Å². The van der Waals surface area contributed by atoms with Crippen LogP contribution in [0.25, 0.3) is 0 Å². The van der Waals surface area contributed by atoms with Crippen molar-refractivity contribution in [2.75, 3.05) is 26.2 Å². The molecule has 1 rings (SSSR count). The van der Waals surface area contributed by atoms with Gasteiger partial charge in [-0.25, -0.2) is 0 Å². The van der Waals surface area contributed by atoms with Gasteiger partial charge in [0.25, 0.3) is 0 Å². The molecule has 0 saturated heterocycles. The molecule has 0 bridgehead atoms. The van der Waals surface area contributed by atoms with Gasteiger partial charge in [0, 0.05) is 32.7 Å². The van der Waals surface area contributed by atoms with Crippen molar-refractivity contribution in [1.82, 2.24) is 10.6 Å². The van der Waals surface area contributed by atoms with Gasteiger partial charge in [0.1, 0.15) is 5.76 Å². The van der Waals surface area contributed by atoms with E-state index in [0.29, 0.717) is 6.61 Å². The van der Waals surface area contributed by atoms with Crippen LogP contribution in [0.3, 0.4) is 0 Å². The van der Waals surface area contributed by atoms with Crippen LogP contribution in [-0.2, 0) is 6.42 Å². The normalized spacial score (nSPS) is 11.0. The van der Waals surface area contributed by atoms with E-state index in [9.17, 15) is 0 Å². The lowest BCUT2D eigenvalue weighted by Gasteiger charge is -2.10. The molecular weight excluding hydrogens is 381 g/mol. The van der Waals surface area contributed by atoms with Crippen molar-refractivity contribution in [3.8, 4) is 0 Å². The highest BCUT2D eigenvalue weighted by atomic mass is 127. The molecule has 0 unspecified atom stereocenters. The number of nitrogens with zero attached hydrogens (tertiary/aromatic N) is 1. The van der Waals surface area contributed by atoms with E-state index >= 15 is 0 Å². The third kappa shape index (κ3) is 10.6. The Kier molecular flexibility index (Phi) is 13.7. The molecule has 0 fully saturated rings. The number of unbranched alkanes of at least 4 members (excludes halogenated alkanes) is 3. The van der Waals surface area contributed by atoms with Crippen LogP contribution in [0.4, 0.5) is 0 Å². The van der Waals surface area contributed by atoms with Gasteiger partial charge < -0.3 is 20.2 Å². The number of nitrogens with one attached hydrogen (secondary N) is 2. The van der Waals surface area contributed by atoms with Crippen molar-refractivity contribution in [3.05, 3.63) is 24.2 Å². The molecule has 6 heteroatoms. The summed E-state index contributed by atoms with van der Waals surface area (Å²) in [6.45, 7) is 4.84. The molecule has 5 nitrogen and oxygen atoms in total. The molecule has 0 aliphatic heterocycles. The molecule has 1 aromatic heterocycles. The molecule has 0 spiro atoms. The van der Waals surface area contributed by atoms with Crippen LogP contribution in [0, 0.1) is 0 Å². The van der Waals surface area contributed by atoms with E-state index in [4.69, 9.17) is 9.52 Å².